The molecule has 0 unspecified atom stereocenters. The summed E-state index contributed by atoms with van der Waals surface area (Å²) in [6.07, 6.45) is 0.484. The smallest absolute Gasteiger partial charge is 0.306 e. The van der Waals surface area contributed by atoms with E-state index in [0.717, 1.165) is 0 Å². The minimum absolute atomic E-state index is 0.101. The van der Waals surface area contributed by atoms with Crippen LogP contribution in [0.1, 0.15) is 24.0 Å². The first-order chi connectivity index (χ1) is 12.9. The summed E-state index contributed by atoms with van der Waals surface area (Å²) < 4.78 is 45.7. The SMILES string of the molecule is O=C(CCCN=C1NS(=O)(=O)c2ccccc21)OCc1ccc(Br)cc1F. The number of nitrogens with one attached hydrogen (secondary N) is 1. The van der Waals surface area contributed by atoms with Crippen molar-refractivity contribution in [2.75, 3.05) is 6.54 Å². The number of nitrogens with zero attached hydrogens (tertiary/aromatic N) is 1. The van der Waals surface area contributed by atoms with Gasteiger partial charge < -0.3 is 4.74 Å². The van der Waals surface area contributed by atoms with Gasteiger partial charge in [0.2, 0.25) is 0 Å². The first kappa shape index (κ1) is 19.5. The molecule has 0 saturated carbocycles. The molecule has 0 saturated heterocycles. The molecule has 0 bridgehead atoms. The second-order valence-electron chi connectivity index (χ2n) is 5.83. The molecule has 0 aliphatic carbocycles. The lowest BCUT2D eigenvalue weighted by atomic mass is 10.2. The van der Waals surface area contributed by atoms with Gasteiger partial charge in [0.05, 0.1) is 4.90 Å². The van der Waals surface area contributed by atoms with Crippen molar-refractivity contribution in [1.29, 1.82) is 0 Å². The summed E-state index contributed by atoms with van der Waals surface area (Å²) in [5.41, 5.74) is 0.814. The lowest BCUT2D eigenvalue weighted by molar-refractivity contribution is -0.145. The van der Waals surface area contributed by atoms with E-state index in [1.165, 1.54) is 12.1 Å². The molecule has 27 heavy (non-hydrogen) atoms. The molecule has 2 aromatic carbocycles. The summed E-state index contributed by atoms with van der Waals surface area (Å²) in [7, 11) is -3.57. The van der Waals surface area contributed by atoms with Crippen molar-refractivity contribution in [1.82, 2.24) is 4.72 Å². The van der Waals surface area contributed by atoms with Gasteiger partial charge in [0.1, 0.15) is 18.3 Å². The molecule has 0 radical (unpaired) electrons. The first-order valence-corrected chi connectivity index (χ1v) is 10.4. The molecule has 6 nitrogen and oxygen atoms in total. The fourth-order valence-corrected chi connectivity index (χ4v) is 4.12. The Morgan fingerprint density at radius 2 is 2.00 bits per heavy atom. The van der Waals surface area contributed by atoms with E-state index in [0.29, 0.717) is 22.0 Å². The van der Waals surface area contributed by atoms with E-state index < -0.39 is 21.8 Å². The van der Waals surface area contributed by atoms with E-state index in [-0.39, 0.29) is 30.3 Å². The second-order valence-corrected chi connectivity index (χ2v) is 8.40. The summed E-state index contributed by atoms with van der Waals surface area (Å²) >= 11 is 3.16. The summed E-state index contributed by atoms with van der Waals surface area (Å²) in [5, 5.41) is 0. The molecule has 1 N–H and O–H groups in total. The largest absolute Gasteiger partial charge is 0.461 e. The summed E-state index contributed by atoms with van der Waals surface area (Å²) in [6.45, 7) is 0.119. The standard InChI is InChI=1S/C18H16BrFN2O4S/c19-13-8-7-12(15(20)10-13)11-26-17(23)6-3-9-21-18-14-4-1-2-5-16(14)27(24,25)22-18/h1-2,4-5,7-8,10H,3,6,9,11H2,(H,21,22). The van der Waals surface area contributed by atoms with Crippen LogP contribution in [-0.2, 0) is 26.2 Å². The normalized spacial score (nSPS) is 16.0. The number of carbonyl (C=O) groups is 1. The lowest BCUT2D eigenvalue weighted by Gasteiger charge is -2.06. The van der Waals surface area contributed by atoms with Crippen LogP contribution in [0.5, 0.6) is 0 Å². The molecule has 0 amide bonds. The molecule has 9 heteroatoms. The van der Waals surface area contributed by atoms with Crippen LogP contribution in [0.15, 0.2) is 56.8 Å². The number of hydrogen-bond acceptors (Lipinski definition) is 5. The molecule has 0 fully saturated rings. The molecule has 0 aromatic heterocycles. The number of halogens is 2. The minimum Gasteiger partial charge on any atom is -0.461 e. The molecule has 142 valence electrons. The maximum absolute atomic E-state index is 13.7. The predicted octanol–water partition coefficient (Wildman–Crippen LogP) is 3.15. The quantitative estimate of drug-likeness (QED) is 0.536. The van der Waals surface area contributed by atoms with Crippen molar-refractivity contribution >= 4 is 37.8 Å². The highest BCUT2D eigenvalue weighted by molar-refractivity contribution is 9.10. The average molecular weight is 455 g/mol. The average Bonchev–Trinajstić information content (AvgIpc) is 2.89. The van der Waals surface area contributed by atoms with E-state index in [1.807, 2.05) is 0 Å². The van der Waals surface area contributed by atoms with Crippen LogP contribution >= 0.6 is 15.9 Å². The highest BCUT2D eigenvalue weighted by Gasteiger charge is 2.29. The Hall–Kier alpha value is -2.26. The zero-order chi connectivity index (χ0) is 19.4. The van der Waals surface area contributed by atoms with Crippen LogP contribution in [0.25, 0.3) is 0 Å². The zero-order valence-corrected chi connectivity index (χ0v) is 16.5. The number of amidine groups is 1. The third kappa shape index (κ3) is 4.72. The minimum atomic E-state index is -3.57. The molecule has 1 aliphatic heterocycles. The number of ether oxygens (including phenoxy) is 1. The Morgan fingerprint density at radius 3 is 2.78 bits per heavy atom. The van der Waals surface area contributed by atoms with Gasteiger partial charge in [-0.2, -0.15) is 0 Å². The van der Waals surface area contributed by atoms with Crippen molar-refractivity contribution in [2.24, 2.45) is 4.99 Å². The Morgan fingerprint density at radius 1 is 1.22 bits per heavy atom. The third-order valence-electron chi connectivity index (χ3n) is 3.88. The third-order valence-corrected chi connectivity index (χ3v) is 5.77. The van der Waals surface area contributed by atoms with Gasteiger partial charge in [-0.1, -0.05) is 34.1 Å². The van der Waals surface area contributed by atoms with E-state index in [1.54, 1.807) is 30.3 Å². The highest BCUT2D eigenvalue weighted by atomic mass is 79.9. The van der Waals surface area contributed by atoms with Gasteiger partial charge in [-0.05, 0) is 30.7 Å². The van der Waals surface area contributed by atoms with E-state index in [9.17, 15) is 17.6 Å². The molecule has 0 atom stereocenters. The van der Waals surface area contributed by atoms with Gasteiger partial charge in [-0.15, -0.1) is 0 Å². The van der Waals surface area contributed by atoms with Crippen LogP contribution in [0.3, 0.4) is 0 Å². The van der Waals surface area contributed by atoms with E-state index in [2.05, 4.69) is 25.6 Å². The van der Waals surface area contributed by atoms with Crippen LogP contribution in [0.2, 0.25) is 0 Å². The highest BCUT2D eigenvalue weighted by Crippen LogP contribution is 2.22. The number of aliphatic imine (C=N–C) groups is 1. The van der Waals surface area contributed by atoms with Crippen molar-refractivity contribution in [3.63, 3.8) is 0 Å². The van der Waals surface area contributed by atoms with Gasteiger partial charge in [0.15, 0.2) is 0 Å². The van der Waals surface area contributed by atoms with Crippen LogP contribution in [0.4, 0.5) is 4.39 Å². The van der Waals surface area contributed by atoms with Gasteiger partial charge in [0.25, 0.3) is 10.0 Å². The zero-order valence-electron chi connectivity index (χ0n) is 14.1. The Bertz CT molecular complexity index is 1010. The second kappa shape index (κ2) is 8.18. The van der Waals surface area contributed by atoms with E-state index in [4.69, 9.17) is 4.74 Å². The number of benzene rings is 2. The number of carbonyl (C=O) groups excluding carboxylic acids is 1. The van der Waals surface area contributed by atoms with Crippen molar-refractivity contribution in [3.05, 3.63) is 63.9 Å². The maximum Gasteiger partial charge on any atom is 0.306 e. The Labute approximate surface area is 164 Å². The lowest BCUT2D eigenvalue weighted by Crippen LogP contribution is -2.22. The molecule has 2 aromatic rings. The van der Waals surface area contributed by atoms with Crippen LogP contribution < -0.4 is 4.72 Å². The fraction of sp³-hybridized carbons (Fsp3) is 0.222. The van der Waals surface area contributed by atoms with Crippen molar-refractivity contribution in [3.8, 4) is 0 Å². The molecular weight excluding hydrogens is 439 g/mol. The molecule has 0 spiro atoms. The van der Waals surface area contributed by atoms with Gasteiger partial charge in [-0.3, -0.25) is 14.5 Å². The van der Waals surface area contributed by atoms with Gasteiger partial charge >= 0.3 is 5.97 Å². The Kier molecular flexibility index (Phi) is 5.91. The number of fused-ring (bicyclic) bond motifs is 1. The molecule has 1 heterocycles. The molecular formula is C18H16BrFN2O4S. The van der Waals surface area contributed by atoms with Crippen molar-refractivity contribution < 1.29 is 22.3 Å². The topological polar surface area (TPSA) is 84.8 Å². The van der Waals surface area contributed by atoms with Crippen LogP contribution in [-0.4, -0.2) is 26.8 Å². The number of sulfonamides is 1. The van der Waals surface area contributed by atoms with Crippen LogP contribution in [0, 0.1) is 5.82 Å². The maximum atomic E-state index is 13.7. The predicted molar refractivity (Wildman–Crippen MR) is 101 cm³/mol. The molecule has 1 aliphatic rings. The monoisotopic (exact) mass is 454 g/mol. The van der Waals surface area contributed by atoms with Gasteiger partial charge in [-0.25, -0.2) is 12.8 Å². The number of rotatable bonds is 6. The molecule has 3 rings (SSSR count). The Balaban J connectivity index is 1.49. The summed E-state index contributed by atoms with van der Waals surface area (Å²) in [6, 6.07) is 11.1. The number of hydrogen-bond donors (Lipinski definition) is 1. The van der Waals surface area contributed by atoms with Gasteiger partial charge in [0, 0.05) is 28.6 Å². The van der Waals surface area contributed by atoms with E-state index >= 15 is 0 Å². The number of esters is 1. The fourth-order valence-electron chi connectivity index (χ4n) is 2.53. The van der Waals surface area contributed by atoms with Crippen molar-refractivity contribution in [2.45, 2.75) is 24.3 Å². The summed E-state index contributed by atoms with van der Waals surface area (Å²) in [5.74, 6) is -0.642. The first-order valence-electron chi connectivity index (χ1n) is 8.13. The summed E-state index contributed by atoms with van der Waals surface area (Å²) in [4.78, 5) is 16.2.